The number of azo groups is 1. The first kappa shape index (κ1) is 21.5. The summed E-state index contributed by atoms with van der Waals surface area (Å²) < 4.78 is 0. The summed E-state index contributed by atoms with van der Waals surface area (Å²) in [5.41, 5.74) is 4.03. The van der Waals surface area contributed by atoms with Crippen molar-refractivity contribution in [2.75, 3.05) is 5.01 Å². The van der Waals surface area contributed by atoms with Gasteiger partial charge in [0.05, 0.1) is 17.1 Å². The van der Waals surface area contributed by atoms with E-state index >= 15 is 0 Å². The Hall–Kier alpha value is -4.30. The molecule has 1 amide bonds. The number of thiazole rings is 1. The fourth-order valence-corrected chi connectivity index (χ4v) is 4.28. The smallest absolute Gasteiger partial charge is 0.282 e. The zero-order valence-corrected chi connectivity index (χ0v) is 19.0. The van der Waals surface area contributed by atoms with Crippen molar-refractivity contribution in [1.82, 2.24) is 4.98 Å². The van der Waals surface area contributed by atoms with Crippen LogP contribution >= 0.6 is 11.3 Å². The molecule has 1 aliphatic heterocycles. The van der Waals surface area contributed by atoms with Crippen molar-refractivity contribution in [2.24, 2.45) is 15.3 Å². The molecule has 0 unspecified atom stereocenters. The van der Waals surface area contributed by atoms with Crippen LogP contribution in [-0.4, -0.2) is 28.4 Å². The maximum Gasteiger partial charge on any atom is 0.282 e. The third-order valence-corrected chi connectivity index (χ3v) is 6.11. The number of aromatic nitrogens is 1. The lowest BCUT2D eigenvalue weighted by atomic mass is 10.0. The van der Waals surface area contributed by atoms with Crippen LogP contribution in [0.15, 0.2) is 106 Å². The molecule has 8 heteroatoms. The van der Waals surface area contributed by atoms with E-state index in [1.54, 1.807) is 43.3 Å². The highest BCUT2D eigenvalue weighted by molar-refractivity contribution is 7.14. The van der Waals surface area contributed by atoms with Gasteiger partial charge in [-0.05, 0) is 31.2 Å². The van der Waals surface area contributed by atoms with E-state index in [9.17, 15) is 9.59 Å². The van der Waals surface area contributed by atoms with E-state index in [2.05, 4.69) is 20.3 Å². The van der Waals surface area contributed by atoms with E-state index in [-0.39, 0.29) is 11.7 Å². The number of rotatable bonds is 6. The predicted octanol–water partition coefficient (Wildman–Crippen LogP) is 5.92. The molecule has 2 heterocycles. The molecule has 0 saturated heterocycles. The predicted molar refractivity (Wildman–Crippen MR) is 133 cm³/mol. The van der Waals surface area contributed by atoms with Gasteiger partial charge >= 0.3 is 0 Å². The molecule has 1 atom stereocenters. The van der Waals surface area contributed by atoms with Crippen LogP contribution in [0.1, 0.15) is 22.8 Å². The molecule has 0 spiro atoms. The maximum absolute atomic E-state index is 13.0. The number of carbonyl (C=O) groups is 2. The second-order valence-electron chi connectivity index (χ2n) is 7.63. The molecule has 0 aliphatic carbocycles. The van der Waals surface area contributed by atoms with Gasteiger partial charge in [0, 0.05) is 22.1 Å². The maximum atomic E-state index is 13.0. The van der Waals surface area contributed by atoms with E-state index < -0.39 is 6.04 Å². The normalized spacial score (nSPS) is 15.7. The van der Waals surface area contributed by atoms with Gasteiger partial charge in [-0.3, -0.25) is 9.59 Å². The van der Waals surface area contributed by atoms with Crippen molar-refractivity contribution in [3.8, 4) is 11.3 Å². The zero-order chi connectivity index (χ0) is 23.5. The lowest BCUT2D eigenvalue weighted by molar-refractivity contribution is -0.117. The molecule has 1 aromatic heterocycles. The topological polar surface area (TPSA) is 87.3 Å². The Morgan fingerprint density at radius 2 is 1.56 bits per heavy atom. The molecule has 0 N–H and O–H groups in total. The van der Waals surface area contributed by atoms with Gasteiger partial charge < -0.3 is 0 Å². The minimum atomic E-state index is -0.810. The van der Waals surface area contributed by atoms with Gasteiger partial charge in [0.2, 0.25) is 5.13 Å². The molecular weight excluding hydrogens is 446 g/mol. The highest BCUT2D eigenvalue weighted by atomic mass is 32.1. The number of ketones is 1. The Morgan fingerprint density at radius 1 is 0.912 bits per heavy atom. The molecule has 0 radical (unpaired) electrons. The quantitative estimate of drug-likeness (QED) is 0.262. The molecule has 3 aromatic carbocycles. The number of benzene rings is 3. The number of carbonyl (C=O) groups excluding carboxylic acids is 2. The van der Waals surface area contributed by atoms with Crippen molar-refractivity contribution in [2.45, 2.75) is 13.0 Å². The van der Waals surface area contributed by atoms with Crippen LogP contribution in [0.25, 0.3) is 11.3 Å². The Labute approximate surface area is 200 Å². The van der Waals surface area contributed by atoms with Gasteiger partial charge in [-0.25, -0.2) is 4.98 Å². The number of anilines is 1. The van der Waals surface area contributed by atoms with Crippen LogP contribution in [0.3, 0.4) is 0 Å². The largest absolute Gasteiger partial charge is 0.289 e. The molecule has 0 fully saturated rings. The van der Waals surface area contributed by atoms with Crippen LogP contribution in [-0.2, 0) is 4.79 Å². The second kappa shape index (κ2) is 9.29. The molecule has 166 valence electrons. The molecular formula is C26H19N5O2S. The van der Waals surface area contributed by atoms with E-state index in [1.807, 2.05) is 53.9 Å². The van der Waals surface area contributed by atoms with Gasteiger partial charge in [0.15, 0.2) is 11.8 Å². The molecule has 1 aliphatic rings. The Balaban J connectivity index is 1.29. The molecule has 7 nitrogen and oxygen atoms in total. The van der Waals surface area contributed by atoms with E-state index in [0.717, 1.165) is 11.3 Å². The van der Waals surface area contributed by atoms with Crippen LogP contribution in [0.4, 0.5) is 10.8 Å². The van der Waals surface area contributed by atoms with Gasteiger partial charge in [-0.15, -0.1) is 11.3 Å². The molecule has 4 aromatic rings. The van der Waals surface area contributed by atoms with Crippen LogP contribution < -0.4 is 5.01 Å². The number of hydrogen-bond donors (Lipinski definition) is 0. The van der Waals surface area contributed by atoms with Gasteiger partial charge in [0.1, 0.15) is 0 Å². The Bertz CT molecular complexity index is 1400. The van der Waals surface area contributed by atoms with Crippen molar-refractivity contribution in [3.05, 3.63) is 101 Å². The highest BCUT2D eigenvalue weighted by Gasteiger charge is 2.36. The van der Waals surface area contributed by atoms with E-state index in [0.29, 0.717) is 27.7 Å². The van der Waals surface area contributed by atoms with Gasteiger partial charge in [-0.2, -0.15) is 20.3 Å². The van der Waals surface area contributed by atoms with Crippen LogP contribution in [0, 0.1) is 0 Å². The standard InChI is InChI=1S/C26H19N5O2S/c1-17-23(25(33)31(30-17)26-27-22(16-34-26)18-8-4-2-5-9-18)29-28-21-14-12-20(13-15-21)24(32)19-10-6-3-7-11-19/h2-16,23H,1H3/t23-/m1/s1. The Morgan fingerprint density at radius 3 is 2.26 bits per heavy atom. The van der Waals surface area contributed by atoms with E-state index in [1.165, 1.54) is 16.3 Å². The lowest BCUT2D eigenvalue weighted by Crippen LogP contribution is -2.29. The van der Waals surface area contributed by atoms with E-state index in [4.69, 9.17) is 0 Å². The highest BCUT2D eigenvalue weighted by Crippen LogP contribution is 2.30. The van der Waals surface area contributed by atoms with Gasteiger partial charge in [-0.1, -0.05) is 60.7 Å². The first-order chi connectivity index (χ1) is 16.6. The second-order valence-corrected chi connectivity index (χ2v) is 8.47. The third kappa shape index (κ3) is 4.31. The van der Waals surface area contributed by atoms with Crippen LogP contribution in [0.2, 0.25) is 0 Å². The monoisotopic (exact) mass is 465 g/mol. The SMILES string of the molecule is CC1=NN(c2nc(-c3ccccc3)cs2)C(=O)[C@@H]1N=Nc1ccc(C(=O)c2ccccc2)cc1. The van der Waals surface area contributed by atoms with Crippen LogP contribution in [0.5, 0.6) is 0 Å². The van der Waals surface area contributed by atoms with Crippen molar-refractivity contribution in [1.29, 1.82) is 0 Å². The van der Waals surface area contributed by atoms with Crippen molar-refractivity contribution >= 4 is 39.6 Å². The lowest BCUT2D eigenvalue weighted by Gasteiger charge is -2.08. The summed E-state index contributed by atoms with van der Waals surface area (Å²) >= 11 is 1.35. The minimum absolute atomic E-state index is 0.0630. The fraction of sp³-hybridized carbons (Fsp3) is 0.0769. The summed E-state index contributed by atoms with van der Waals surface area (Å²) in [6.07, 6.45) is 0. The number of hydrazone groups is 1. The minimum Gasteiger partial charge on any atom is -0.289 e. The molecule has 0 bridgehead atoms. The molecule has 5 rings (SSSR count). The summed E-state index contributed by atoms with van der Waals surface area (Å²) in [5, 5.41) is 16.5. The average Bonchev–Trinajstić information content (AvgIpc) is 3.48. The van der Waals surface area contributed by atoms with Crippen molar-refractivity contribution < 1.29 is 9.59 Å². The number of nitrogens with zero attached hydrogens (tertiary/aromatic N) is 5. The number of hydrogen-bond acceptors (Lipinski definition) is 7. The summed E-state index contributed by atoms with van der Waals surface area (Å²) in [7, 11) is 0. The summed E-state index contributed by atoms with van der Waals surface area (Å²) in [6.45, 7) is 1.74. The first-order valence-electron chi connectivity index (χ1n) is 10.6. The summed E-state index contributed by atoms with van der Waals surface area (Å²) in [5.74, 6) is -0.363. The summed E-state index contributed by atoms with van der Waals surface area (Å²) in [4.78, 5) is 30.1. The Kier molecular flexibility index (Phi) is 5.88. The zero-order valence-electron chi connectivity index (χ0n) is 18.2. The average molecular weight is 466 g/mol. The molecule has 34 heavy (non-hydrogen) atoms. The number of amides is 1. The van der Waals surface area contributed by atoms with Gasteiger partial charge in [0.25, 0.3) is 5.91 Å². The third-order valence-electron chi connectivity index (χ3n) is 5.29. The fourth-order valence-electron chi connectivity index (χ4n) is 3.49. The summed E-state index contributed by atoms with van der Waals surface area (Å²) in [6, 6.07) is 24.9. The molecule has 0 saturated carbocycles. The van der Waals surface area contributed by atoms with Crippen molar-refractivity contribution in [3.63, 3.8) is 0 Å². The first-order valence-corrected chi connectivity index (χ1v) is 11.5.